The van der Waals surface area contributed by atoms with Crippen LogP contribution in [0.1, 0.15) is 52.9 Å². The zero-order valence-electron chi connectivity index (χ0n) is 11.6. The Morgan fingerprint density at radius 2 is 2.06 bits per heavy atom. The summed E-state index contributed by atoms with van der Waals surface area (Å²) in [6.07, 6.45) is 6.78. The molecule has 0 aromatic carbocycles. The van der Waals surface area contributed by atoms with Gasteiger partial charge in [0.05, 0.1) is 0 Å². The summed E-state index contributed by atoms with van der Waals surface area (Å²) in [6.45, 7) is 9.30. The van der Waals surface area contributed by atoms with Crippen LogP contribution >= 0.6 is 0 Å². The van der Waals surface area contributed by atoms with Gasteiger partial charge in [-0.2, -0.15) is 0 Å². The number of rotatable bonds is 6. The van der Waals surface area contributed by atoms with Crippen LogP contribution in [0.4, 0.5) is 0 Å². The second-order valence-electron chi connectivity index (χ2n) is 5.80. The highest BCUT2D eigenvalue weighted by Crippen LogP contribution is 2.22. The first kappa shape index (κ1) is 14.0. The van der Waals surface area contributed by atoms with E-state index in [9.17, 15) is 0 Å². The summed E-state index contributed by atoms with van der Waals surface area (Å²) in [6, 6.07) is 1.58. The fraction of sp³-hybridized carbons (Fsp3) is 1.00. The summed E-state index contributed by atoms with van der Waals surface area (Å²) < 4.78 is 0. The first-order chi connectivity index (χ1) is 7.63. The molecular formula is C14H30N2. The van der Waals surface area contributed by atoms with E-state index in [4.69, 9.17) is 0 Å². The van der Waals surface area contributed by atoms with E-state index in [1.165, 1.54) is 45.2 Å². The van der Waals surface area contributed by atoms with Crippen LogP contribution in [0, 0.1) is 5.92 Å². The normalized spacial score (nSPS) is 26.6. The molecule has 0 spiro atoms. The van der Waals surface area contributed by atoms with Crippen LogP contribution in [0.25, 0.3) is 0 Å². The smallest absolute Gasteiger partial charge is 0.0107 e. The average molecular weight is 226 g/mol. The van der Waals surface area contributed by atoms with E-state index >= 15 is 0 Å². The molecule has 0 aliphatic heterocycles. The highest BCUT2D eigenvalue weighted by Gasteiger charge is 2.24. The second kappa shape index (κ2) is 7.29. The molecule has 1 aliphatic rings. The average Bonchev–Trinajstić information content (AvgIpc) is 2.26. The molecule has 2 nitrogen and oxygen atoms in total. The molecule has 0 aromatic rings. The van der Waals surface area contributed by atoms with E-state index in [1.807, 2.05) is 0 Å². The SMILES string of the molecule is CCCNC1CCCC(N(C)CC(C)C)C1. The molecule has 1 fully saturated rings. The first-order valence-corrected chi connectivity index (χ1v) is 7.07. The third-order valence-corrected chi connectivity index (χ3v) is 3.61. The van der Waals surface area contributed by atoms with Crippen LogP contribution in [0.5, 0.6) is 0 Å². The van der Waals surface area contributed by atoms with Crippen LogP contribution in [-0.4, -0.2) is 37.1 Å². The summed E-state index contributed by atoms with van der Waals surface area (Å²) in [5.74, 6) is 0.786. The lowest BCUT2D eigenvalue weighted by Crippen LogP contribution is -2.44. The van der Waals surface area contributed by atoms with Crippen LogP contribution in [0.3, 0.4) is 0 Å². The Labute approximate surface area is 102 Å². The first-order valence-electron chi connectivity index (χ1n) is 7.07. The molecule has 2 unspecified atom stereocenters. The Morgan fingerprint density at radius 1 is 1.31 bits per heavy atom. The topological polar surface area (TPSA) is 15.3 Å². The fourth-order valence-corrected chi connectivity index (χ4v) is 2.82. The Morgan fingerprint density at radius 3 is 2.69 bits per heavy atom. The number of hydrogen-bond donors (Lipinski definition) is 1. The molecule has 1 N–H and O–H groups in total. The van der Waals surface area contributed by atoms with E-state index in [0.717, 1.165) is 18.0 Å². The molecular weight excluding hydrogens is 196 g/mol. The van der Waals surface area contributed by atoms with Crippen molar-refractivity contribution in [3.05, 3.63) is 0 Å². The minimum atomic E-state index is 0.772. The van der Waals surface area contributed by atoms with Gasteiger partial charge in [-0.25, -0.2) is 0 Å². The van der Waals surface area contributed by atoms with E-state index in [1.54, 1.807) is 0 Å². The second-order valence-corrected chi connectivity index (χ2v) is 5.80. The zero-order chi connectivity index (χ0) is 12.0. The van der Waals surface area contributed by atoms with Crippen molar-refractivity contribution >= 4 is 0 Å². The highest BCUT2D eigenvalue weighted by molar-refractivity contribution is 4.83. The standard InChI is InChI=1S/C14H30N2/c1-5-9-15-13-7-6-8-14(10-13)16(4)11-12(2)3/h12-15H,5-11H2,1-4H3. The van der Waals surface area contributed by atoms with Gasteiger partial charge in [0, 0.05) is 18.6 Å². The lowest BCUT2D eigenvalue weighted by molar-refractivity contribution is 0.155. The molecule has 96 valence electrons. The van der Waals surface area contributed by atoms with Crippen molar-refractivity contribution in [1.29, 1.82) is 0 Å². The molecule has 2 heteroatoms. The van der Waals surface area contributed by atoms with Crippen molar-refractivity contribution in [1.82, 2.24) is 10.2 Å². The van der Waals surface area contributed by atoms with Gasteiger partial charge in [0.15, 0.2) is 0 Å². The van der Waals surface area contributed by atoms with Gasteiger partial charge in [-0.15, -0.1) is 0 Å². The number of nitrogens with zero attached hydrogens (tertiary/aromatic N) is 1. The predicted molar refractivity (Wildman–Crippen MR) is 71.8 cm³/mol. The summed E-state index contributed by atoms with van der Waals surface area (Å²) in [4.78, 5) is 2.57. The van der Waals surface area contributed by atoms with Crippen molar-refractivity contribution < 1.29 is 0 Å². The van der Waals surface area contributed by atoms with Gasteiger partial charge in [0.2, 0.25) is 0 Å². The molecule has 1 saturated carbocycles. The third-order valence-electron chi connectivity index (χ3n) is 3.61. The van der Waals surface area contributed by atoms with Gasteiger partial charge in [0.25, 0.3) is 0 Å². The van der Waals surface area contributed by atoms with Crippen molar-refractivity contribution in [3.8, 4) is 0 Å². The van der Waals surface area contributed by atoms with E-state index in [2.05, 4.69) is 38.0 Å². The van der Waals surface area contributed by atoms with Crippen LogP contribution in [0.15, 0.2) is 0 Å². The van der Waals surface area contributed by atoms with E-state index in [0.29, 0.717) is 0 Å². The Kier molecular flexibility index (Phi) is 6.37. The van der Waals surface area contributed by atoms with Crippen molar-refractivity contribution in [3.63, 3.8) is 0 Å². The highest BCUT2D eigenvalue weighted by atomic mass is 15.1. The van der Waals surface area contributed by atoms with Crippen LogP contribution in [0.2, 0.25) is 0 Å². The maximum absolute atomic E-state index is 3.68. The molecule has 0 saturated heterocycles. The monoisotopic (exact) mass is 226 g/mol. The quantitative estimate of drug-likeness (QED) is 0.749. The van der Waals surface area contributed by atoms with Gasteiger partial charge in [-0.3, -0.25) is 0 Å². The van der Waals surface area contributed by atoms with Gasteiger partial charge in [-0.05, 0) is 45.2 Å². The predicted octanol–water partition coefficient (Wildman–Crippen LogP) is 2.89. The van der Waals surface area contributed by atoms with Gasteiger partial charge in [-0.1, -0.05) is 27.2 Å². The molecule has 2 atom stereocenters. The van der Waals surface area contributed by atoms with Crippen molar-refractivity contribution in [2.75, 3.05) is 20.1 Å². The molecule has 1 aliphatic carbocycles. The van der Waals surface area contributed by atoms with Crippen molar-refractivity contribution in [2.24, 2.45) is 5.92 Å². The van der Waals surface area contributed by atoms with Crippen LogP contribution in [-0.2, 0) is 0 Å². The molecule has 16 heavy (non-hydrogen) atoms. The van der Waals surface area contributed by atoms with Gasteiger partial charge < -0.3 is 10.2 Å². The van der Waals surface area contributed by atoms with E-state index in [-0.39, 0.29) is 0 Å². The molecule has 1 rings (SSSR count). The minimum absolute atomic E-state index is 0.772. The van der Waals surface area contributed by atoms with E-state index < -0.39 is 0 Å². The summed E-state index contributed by atoms with van der Waals surface area (Å²) in [7, 11) is 2.30. The zero-order valence-corrected chi connectivity index (χ0v) is 11.6. The molecule has 0 aromatic heterocycles. The number of hydrogen-bond acceptors (Lipinski definition) is 2. The maximum atomic E-state index is 3.68. The summed E-state index contributed by atoms with van der Waals surface area (Å²) in [5.41, 5.74) is 0. The summed E-state index contributed by atoms with van der Waals surface area (Å²) >= 11 is 0. The molecule has 0 heterocycles. The summed E-state index contributed by atoms with van der Waals surface area (Å²) in [5, 5.41) is 3.68. The molecule has 0 amide bonds. The van der Waals surface area contributed by atoms with Crippen LogP contribution < -0.4 is 5.32 Å². The minimum Gasteiger partial charge on any atom is -0.314 e. The lowest BCUT2D eigenvalue weighted by atomic mass is 9.89. The third kappa shape index (κ3) is 4.84. The largest absolute Gasteiger partial charge is 0.314 e. The van der Waals surface area contributed by atoms with Gasteiger partial charge in [0.1, 0.15) is 0 Å². The molecule has 0 radical (unpaired) electrons. The Balaban J connectivity index is 2.31. The van der Waals surface area contributed by atoms with Crippen molar-refractivity contribution in [2.45, 2.75) is 65.0 Å². The Bertz CT molecular complexity index is 180. The fourth-order valence-electron chi connectivity index (χ4n) is 2.82. The number of nitrogens with one attached hydrogen (secondary N) is 1. The lowest BCUT2D eigenvalue weighted by Gasteiger charge is -2.36. The van der Waals surface area contributed by atoms with Gasteiger partial charge >= 0.3 is 0 Å². The Hall–Kier alpha value is -0.0800. The molecule has 0 bridgehead atoms. The maximum Gasteiger partial charge on any atom is 0.0107 e.